The molecule has 1 aromatic rings. The maximum atomic E-state index is 11.8. The molecule has 2 amide bonds. The fourth-order valence-electron chi connectivity index (χ4n) is 1.29. The van der Waals surface area contributed by atoms with E-state index in [0.29, 0.717) is 0 Å². The third-order valence-electron chi connectivity index (χ3n) is 2.13. The lowest BCUT2D eigenvalue weighted by molar-refractivity contribution is 0.0742. The molecule has 8 heteroatoms. The topological polar surface area (TPSA) is 99.5 Å². The molecule has 0 N–H and O–H groups in total. The lowest BCUT2D eigenvalue weighted by Crippen LogP contribution is -2.27. The molecule has 0 saturated carbocycles. The minimum atomic E-state index is -1.05. The molecule has 0 aliphatic heterocycles. The Labute approximate surface area is 102 Å². The maximum absolute atomic E-state index is 11.8. The standard InChI is InChI=1S/C10H10N4O4/c1-13(2)9(15)7-5-3-4-6-8(7)10(16)14(11-17)12-18/h3-6H,1-2H3. The van der Waals surface area contributed by atoms with E-state index < -0.39 is 11.8 Å². The fourth-order valence-corrected chi connectivity index (χ4v) is 1.29. The van der Waals surface area contributed by atoms with Crippen LogP contribution in [0.5, 0.6) is 0 Å². The summed E-state index contributed by atoms with van der Waals surface area (Å²) < 4.78 is 0. The van der Waals surface area contributed by atoms with Crippen LogP contribution in [0.3, 0.4) is 0 Å². The Morgan fingerprint density at radius 3 is 1.78 bits per heavy atom. The van der Waals surface area contributed by atoms with Crippen molar-refractivity contribution in [2.75, 3.05) is 14.1 Å². The summed E-state index contributed by atoms with van der Waals surface area (Å²) in [7, 11) is 3.02. The van der Waals surface area contributed by atoms with E-state index in [2.05, 4.69) is 10.6 Å². The summed E-state index contributed by atoms with van der Waals surface area (Å²) in [6.07, 6.45) is 0. The molecule has 1 aromatic carbocycles. The number of carbonyl (C=O) groups is 2. The summed E-state index contributed by atoms with van der Waals surface area (Å²) in [5.74, 6) is -1.48. The molecule has 0 atom stereocenters. The van der Waals surface area contributed by atoms with E-state index in [9.17, 15) is 19.4 Å². The van der Waals surface area contributed by atoms with Gasteiger partial charge in [0.2, 0.25) is 0 Å². The second-order valence-corrected chi connectivity index (χ2v) is 3.50. The molecule has 0 spiro atoms. The van der Waals surface area contributed by atoms with E-state index in [4.69, 9.17) is 0 Å². The minimum absolute atomic E-state index is 0.0600. The lowest BCUT2D eigenvalue weighted by Gasteiger charge is -2.13. The van der Waals surface area contributed by atoms with Crippen LogP contribution in [0.2, 0.25) is 0 Å². The molecule has 0 aliphatic rings. The van der Waals surface area contributed by atoms with Crippen molar-refractivity contribution in [3.8, 4) is 0 Å². The molecule has 0 fully saturated rings. The molecule has 0 saturated heterocycles. The highest BCUT2D eigenvalue weighted by Crippen LogP contribution is 2.14. The van der Waals surface area contributed by atoms with Crippen molar-refractivity contribution in [1.29, 1.82) is 0 Å². The van der Waals surface area contributed by atoms with Crippen LogP contribution in [-0.2, 0) is 0 Å². The number of amides is 2. The molecule has 94 valence electrons. The Morgan fingerprint density at radius 2 is 1.39 bits per heavy atom. The molecule has 18 heavy (non-hydrogen) atoms. The number of carbonyl (C=O) groups excluding carboxylic acids is 2. The van der Waals surface area contributed by atoms with Crippen LogP contribution < -0.4 is 0 Å². The second-order valence-electron chi connectivity index (χ2n) is 3.50. The monoisotopic (exact) mass is 250 g/mol. The lowest BCUT2D eigenvalue weighted by atomic mass is 10.1. The van der Waals surface area contributed by atoms with Crippen LogP contribution in [0.1, 0.15) is 20.7 Å². The Bertz CT molecular complexity index is 492. The van der Waals surface area contributed by atoms with Gasteiger partial charge in [0.05, 0.1) is 21.7 Å². The van der Waals surface area contributed by atoms with Crippen LogP contribution in [0.25, 0.3) is 0 Å². The molecule has 0 aromatic heterocycles. The Hall–Kier alpha value is -2.64. The number of rotatable bonds is 4. The maximum Gasteiger partial charge on any atom is 0.302 e. The number of hydrogen-bond donors (Lipinski definition) is 0. The highest BCUT2D eigenvalue weighted by atomic mass is 16.4. The fraction of sp³-hybridized carbons (Fsp3) is 0.200. The molecule has 8 nitrogen and oxygen atoms in total. The van der Waals surface area contributed by atoms with Crippen LogP contribution in [0.4, 0.5) is 0 Å². The minimum Gasteiger partial charge on any atom is -0.345 e. The van der Waals surface area contributed by atoms with Crippen LogP contribution >= 0.6 is 0 Å². The molecule has 0 unspecified atom stereocenters. The van der Waals surface area contributed by atoms with Gasteiger partial charge in [-0.1, -0.05) is 12.1 Å². The number of hydrogen-bond acceptors (Lipinski definition) is 6. The molecule has 1 rings (SSSR count). The normalized spacial score (nSPS) is 9.44. The van der Waals surface area contributed by atoms with Gasteiger partial charge in [-0.15, -0.1) is 9.81 Å². The van der Waals surface area contributed by atoms with Gasteiger partial charge in [-0.2, -0.15) is 0 Å². The summed E-state index contributed by atoms with van der Waals surface area (Å²) >= 11 is 0. The van der Waals surface area contributed by atoms with Gasteiger partial charge in [0.25, 0.3) is 5.91 Å². The van der Waals surface area contributed by atoms with E-state index >= 15 is 0 Å². The van der Waals surface area contributed by atoms with Gasteiger partial charge in [0.1, 0.15) is 0 Å². The summed E-state index contributed by atoms with van der Waals surface area (Å²) in [5.41, 5.74) is -0.0554. The van der Waals surface area contributed by atoms with Crippen molar-refractivity contribution in [3.63, 3.8) is 0 Å². The second kappa shape index (κ2) is 5.62. The van der Waals surface area contributed by atoms with Gasteiger partial charge in [-0.3, -0.25) is 9.59 Å². The predicted molar refractivity (Wildman–Crippen MR) is 62.2 cm³/mol. The average Bonchev–Trinajstić information content (AvgIpc) is 2.39. The molecule has 0 aliphatic carbocycles. The van der Waals surface area contributed by atoms with Crippen molar-refractivity contribution in [2.45, 2.75) is 0 Å². The Kier molecular flexibility index (Phi) is 4.19. The van der Waals surface area contributed by atoms with E-state index in [1.165, 1.54) is 37.2 Å². The Morgan fingerprint density at radius 1 is 0.944 bits per heavy atom. The van der Waals surface area contributed by atoms with E-state index in [1.807, 2.05) is 0 Å². The third kappa shape index (κ3) is 2.54. The highest BCUT2D eigenvalue weighted by Gasteiger charge is 2.23. The largest absolute Gasteiger partial charge is 0.345 e. The molecule has 0 bridgehead atoms. The first kappa shape index (κ1) is 13.4. The zero-order valence-electron chi connectivity index (χ0n) is 9.73. The number of nitrogens with zero attached hydrogens (tertiary/aromatic N) is 4. The van der Waals surface area contributed by atoms with E-state index in [-0.39, 0.29) is 16.2 Å². The molecule has 0 radical (unpaired) electrons. The Balaban J connectivity index is 3.25. The smallest absolute Gasteiger partial charge is 0.302 e. The van der Waals surface area contributed by atoms with Crippen molar-refractivity contribution in [3.05, 3.63) is 45.2 Å². The zero-order chi connectivity index (χ0) is 13.7. The van der Waals surface area contributed by atoms with Gasteiger partial charge in [-0.25, -0.2) is 0 Å². The van der Waals surface area contributed by atoms with Crippen molar-refractivity contribution in [1.82, 2.24) is 10.0 Å². The summed E-state index contributed by atoms with van der Waals surface area (Å²) in [6, 6.07) is 5.76. The quantitative estimate of drug-likeness (QED) is 0.591. The summed E-state index contributed by atoms with van der Waals surface area (Å²) in [5, 5.41) is 4.16. The first-order valence-electron chi connectivity index (χ1n) is 4.84. The van der Waals surface area contributed by atoms with Crippen molar-refractivity contribution < 1.29 is 9.59 Å². The van der Waals surface area contributed by atoms with Crippen LogP contribution in [0.15, 0.2) is 34.8 Å². The van der Waals surface area contributed by atoms with Crippen LogP contribution in [0, 0.1) is 9.81 Å². The molecule has 0 heterocycles. The zero-order valence-corrected chi connectivity index (χ0v) is 9.73. The number of nitroso groups, excluding NO2 is 2. The van der Waals surface area contributed by atoms with Gasteiger partial charge < -0.3 is 4.90 Å². The predicted octanol–water partition coefficient (Wildman–Crippen LogP) is 1.19. The molecular weight excluding hydrogens is 240 g/mol. The highest BCUT2D eigenvalue weighted by molar-refractivity contribution is 6.06. The average molecular weight is 250 g/mol. The first-order chi connectivity index (χ1) is 8.52. The third-order valence-corrected chi connectivity index (χ3v) is 2.13. The summed E-state index contributed by atoms with van der Waals surface area (Å²) in [4.78, 5) is 45.3. The van der Waals surface area contributed by atoms with Gasteiger partial charge in [0.15, 0.2) is 0 Å². The van der Waals surface area contributed by atoms with Crippen molar-refractivity contribution in [2.24, 2.45) is 10.6 Å². The molecular formula is C10H10N4O4. The van der Waals surface area contributed by atoms with Crippen molar-refractivity contribution >= 4 is 11.8 Å². The van der Waals surface area contributed by atoms with E-state index in [0.717, 1.165) is 0 Å². The van der Waals surface area contributed by atoms with Gasteiger partial charge in [-0.05, 0) is 17.3 Å². The van der Waals surface area contributed by atoms with Gasteiger partial charge in [0, 0.05) is 14.1 Å². The first-order valence-corrected chi connectivity index (χ1v) is 4.84. The summed E-state index contributed by atoms with van der Waals surface area (Å²) in [6.45, 7) is 0. The number of benzene rings is 1. The van der Waals surface area contributed by atoms with Gasteiger partial charge >= 0.3 is 5.91 Å². The van der Waals surface area contributed by atoms with E-state index in [1.54, 1.807) is 6.07 Å². The van der Waals surface area contributed by atoms with Crippen LogP contribution in [-0.4, -0.2) is 35.9 Å². The SMILES string of the molecule is CN(C)C(=O)c1ccccc1C(=O)N(N=O)N=O.